The average Bonchev–Trinajstić information content (AvgIpc) is 2.43. The highest BCUT2D eigenvalue weighted by Gasteiger charge is 2.51. The van der Waals surface area contributed by atoms with Crippen molar-refractivity contribution in [3.8, 4) is 5.75 Å². The van der Waals surface area contributed by atoms with Gasteiger partial charge in [0.2, 0.25) is 0 Å². The third kappa shape index (κ3) is 1.96. The van der Waals surface area contributed by atoms with Gasteiger partial charge in [-0.05, 0) is 59.6 Å². The molecule has 0 saturated heterocycles. The molecule has 2 atom stereocenters. The molecular formula is C20H26O2. The van der Waals surface area contributed by atoms with E-state index >= 15 is 0 Å². The van der Waals surface area contributed by atoms with Crippen molar-refractivity contribution in [2.45, 2.75) is 58.8 Å². The van der Waals surface area contributed by atoms with Gasteiger partial charge in [0.25, 0.3) is 0 Å². The van der Waals surface area contributed by atoms with Crippen LogP contribution in [0.3, 0.4) is 0 Å². The molecule has 0 aromatic heterocycles. The smallest absolute Gasteiger partial charge is 0.161 e. The Morgan fingerprint density at radius 3 is 2.55 bits per heavy atom. The van der Waals surface area contributed by atoms with Crippen LogP contribution < -0.4 is 0 Å². The van der Waals surface area contributed by atoms with Gasteiger partial charge in [-0.3, -0.25) is 4.79 Å². The quantitative estimate of drug-likeness (QED) is 0.828. The largest absolute Gasteiger partial charge is 0.508 e. The second kappa shape index (κ2) is 4.71. The Bertz CT molecular complexity index is 667. The molecular weight excluding hydrogens is 272 g/mol. The van der Waals surface area contributed by atoms with Gasteiger partial charge in [0, 0.05) is 10.8 Å². The van der Waals surface area contributed by atoms with Gasteiger partial charge >= 0.3 is 0 Å². The third-order valence-corrected chi connectivity index (χ3v) is 5.97. The Kier molecular flexibility index (Phi) is 3.28. The van der Waals surface area contributed by atoms with Gasteiger partial charge in [0.1, 0.15) is 5.75 Å². The first-order valence-electron chi connectivity index (χ1n) is 8.28. The van der Waals surface area contributed by atoms with Crippen LogP contribution in [0.1, 0.15) is 63.6 Å². The lowest BCUT2D eigenvalue weighted by Crippen LogP contribution is -2.49. The van der Waals surface area contributed by atoms with E-state index in [0.717, 1.165) is 12.8 Å². The fourth-order valence-corrected chi connectivity index (χ4v) is 4.68. The summed E-state index contributed by atoms with van der Waals surface area (Å²) >= 11 is 0. The maximum atomic E-state index is 12.3. The molecule has 2 aliphatic carbocycles. The Hall–Kier alpha value is -1.57. The lowest BCUT2D eigenvalue weighted by atomic mass is 9.52. The first-order valence-corrected chi connectivity index (χ1v) is 8.28. The number of phenolic OH excluding ortho intramolecular Hbond substituents is 1. The van der Waals surface area contributed by atoms with E-state index in [9.17, 15) is 9.90 Å². The maximum Gasteiger partial charge on any atom is 0.161 e. The van der Waals surface area contributed by atoms with Crippen molar-refractivity contribution in [3.05, 3.63) is 41.0 Å². The highest BCUT2D eigenvalue weighted by molar-refractivity contribution is 5.96. The first-order chi connectivity index (χ1) is 10.2. The summed E-state index contributed by atoms with van der Waals surface area (Å²) in [5.41, 5.74) is 3.32. The normalized spacial score (nSPS) is 29.4. The SMILES string of the molecule is CC(C)c1cc(O)cc2c1CCC1C(C)(C)C(=O)C=CC21C. The fraction of sp³-hybridized carbons (Fsp3) is 0.550. The minimum Gasteiger partial charge on any atom is -0.508 e. The molecule has 0 heterocycles. The van der Waals surface area contributed by atoms with E-state index in [1.165, 1.54) is 16.7 Å². The Morgan fingerprint density at radius 1 is 1.23 bits per heavy atom. The van der Waals surface area contributed by atoms with Gasteiger partial charge < -0.3 is 5.11 Å². The molecule has 118 valence electrons. The van der Waals surface area contributed by atoms with E-state index in [0.29, 0.717) is 11.7 Å². The molecule has 2 nitrogen and oxygen atoms in total. The van der Waals surface area contributed by atoms with E-state index in [1.807, 2.05) is 12.1 Å². The standard InChI is InChI=1S/C20H26O2/c1-12(2)15-10-13(21)11-16-14(15)6-7-17-19(3,4)18(22)8-9-20(16,17)5/h8-12,17,21H,6-7H2,1-5H3. The molecule has 0 bridgehead atoms. The highest BCUT2D eigenvalue weighted by atomic mass is 16.3. The van der Waals surface area contributed by atoms with Crippen molar-refractivity contribution < 1.29 is 9.90 Å². The van der Waals surface area contributed by atoms with Crippen LogP contribution in [0.4, 0.5) is 0 Å². The number of benzene rings is 1. The molecule has 22 heavy (non-hydrogen) atoms. The molecule has 0 amide bonds. The van der Waals surface area contributed by atoms with E-state index in [1.54, 1.807) is 6.08 Å². The molecule has 0 radical (unpaired) electrons. The van der Waals surface area contributed by atoms with Crippen molar-refractivity contribution in [1.29, 1.82) is 0 Å². The van der Waals surface area contributed by atoms with Crippen molar-refractivity contribution in [3.63, 3.8) is 0 Å². The van der Waals surface area contributed by atoms with E-state index in [4.69, 9.17) is 0 Å². The van der Waals surface area contributed by atoms with E-state index < -0.39 is 0 Å². The monoisotopic (exact) mass is 298 g/mol. The van der Waals surface area contributed by atoms with Crippen LogP contribution >= 0.6 is 0 Å². The lowest BCUT2D eigenvalue weighted by molar-refractivity contribution is -0.127. The van der Waals surface area contributed by atoms with Crippen molar-refractivity contribution >= 4 is 5.78 Å². The third-order valence-electron chi connectivity index (χ3n) is 5.97. The van der Waals surface area contributed by atoms with Gasteiger partial charge in [-0.1, -0.05) is 40.7 Å². The molecule has 1 N–H and O–H groups in total. The zero-order valence-corrected chi connectivity index (χ0v) is 14.2. The molecule has 1 aromatic rings. The number of allylic oxidation sites excluding steroid dienone is 2. The number of carbonyl (C=O) groups excluding carboxylic acids is 1. The Labute approximate surface area is 133 Å². The zero-order valence-electron chi connectivity index (χ0n) is 14.2. The summed E-state index contributed by atoms with van der Waals surface area (Å²) in [5.74, 6) is 1.24. The molecule has 3 rings (SSSR count). The topological polar surface area (TPSA) is 37.3 Å². The van der Waals surface area contributed by atoms with Crippen LogP contribution in [0, 0.1) is 11.3 Å². The Balaban J connectivity index is 2.26. The lowest BCUT2D eigenvalue weighted by Gasteiger charge is -2.51. The van der Waals surface area contributed by atoms with Gasteiger partial charge in [-0.15, -0.1) is 0 Å². The summed E-state index contributed by atoms with van der Waals surface area (Å²) < 4.78 is 0. The summed E-state index contributed by atoms with van der Waals surface area (Å²) in [4.78, 5) is 12.3. The summed E-state index contributed by atoms with van der Waals surface area (Å²) in [6.07, 6.45) is 5.85. The summed E-state index contributed by atoms with van der Waals surface area (Å²) in [6.45, 7) is 10.7. The number of ketones is 1. The molecule has 0 aliphatic heterocycles. The number of aromatic hydroxyl groups is 1. The number of hydrogen-bond acceptors (Lipinski definition) is 2. The fourth-order valence-electron chi connectivity index (χ4n) is 4.68. The molecule has 0 saturated carbocycles. The molecule has 2 unspecified atom stereocenters. The number of rotatable bonds is 1. The van der Waals surface area contributed by atoms with Gasteiger partial charge in [-0.2, -0.15) is 0 Å². The first kappa shape index (κ1) is 15.3. The summed E-state index contributed by atoms with van der Waals surface area (Å²) in [6, 6.07) is 3.83. The Morgan fingerprint density at radius 2 is 1.91 bits per heavy atom. The van der Waals surface area contributed by atoms with Gasteiger partial charge in [-0.25, -0.2) is 0 Å². The molecule has 0 fully saturated rings. The van der Waals surface area contributed by atoms with Crippen LogP contribution in [0.25, 0.3) is 0 Å². The molecule has 2 aliphatic rings. The van der Waals surface area contributed by atoms with E-state index in [-0.39, 0.29) is 22.5 Å². The number of fused-ring (bicyclic) bond motifs is 3. The van der Waals surface area contributed by atoms with Crippen LogP contribution in [-0.4, -0.2) is 10.9 Å². The second-order valence-electron chi connectivity index (χ2n) is 8.01. The van der Waals surface area contributed by atoms with Crippen LogP contribution in [0.2, 0.25) is 0 Å². The van der Waals surface area contributed by atoms with Crippen molar-refractivity contribution in [1.82, 2.24) is 0 Å². The van der Waals surface area contributed by atoms with E-state index in [2.05, 4.69) is 40.7 Å². The van der Waals surface area contributed by atoms with Crippen LogP contribution in [0.15, 0.2) is 24.3 Å². The van der Waals surface area contributed by atoms with Gasteiger partial charge in [0.15, 0.2) is 5.78 Å². The predicted octanol–water partition coefficient (Wildman–Crippen LogP) is 4.50. The number of carbonyl (C=O) groups is 1. The second-order valence-corrected chi connectivity index (χ2v) is 8.01. The zero-order chi connectivity index (χ0) is 16.3. The minimum absolute atomic E-state index is 0.173. The summed E-state index contributed by atoms with van der Waals surface area (Å²) in [7, 11) is 0. The van der Waals surface area contributed by atoms with Crippen LogP contribution in [0.5, 0.6) is 5.75 Å². The summed E-state index contributed by atoms with van der Waals surface area (Å²) in [5, 5.41) is 10.2. The maximum absolute atomic E-state index is 12.3. The highest BCUT2D eigenvalue weighted by Crippen LogP contribution is 2.54. The molecule has 1 aromatic carbocycles. The molecule has 0 spiro atoms. The minimum atomic E-state index is -0.343. The average molecular weight is 298 g/mol. The predicted molar refractivity (Wildman–Crippen MR) is 89.3 cm³/mol. The van der Waals surface area contributed by atoms with Crippen molar-refractivity contribution in [2.75, 3.05) is 0 Å². The molecule has 2 heteroatoms. The number of hydrogen-bond donors (Lipinski definition) is 1. The van der Waals surface area contributed by atoms with Gasteiger partial charge in [0.05, 0.1) is 0 Å². The number of phenols is 1. The van der Waals surface area contributed by atoms with Crippen LogP contribution in [-0.2, 0) is 16.6 Å². The van der Waals surface area contributed by atoms with Crippen molar-refractivity contribution in [2.24, 2.45) is 11.3 Å².